The van der Waals surface area contributed by atoms with Crippen molar-refractivity contribution in [1.29, 1.82) is 0 Å². The minimum absolute atomic E-state index is 0.0267. The molecule has 0 aromatic rings. The Hall–Kier alpha value is -3.23. The Labute approximate surface area is 276 Å². The maximum Gasteiger partial charge on any atom is 0.317 e. The number of carbonyl (C=O) groups excluding carboxylic acids is 3. The maximum atomic E-state index is 12.6. The molecule has 1 fully saturated rings. The number of rotatable bonds is 17. The maximum absolute atomic E-state index is 12.6. The average Bonchev–Trinajstić information content (AvgIpc) is 2.93. The molecule has 0 radical (unpaired) electrons. The van der Waals surface area contributed by atoms with Crippen LogP contribution in [0, 0.1) is 5.92 Å². The summed E-state index contributed by atoms with van der Waals surface area (Å²) in [6.07, 6.45) is 3.56. The summed E-state index contributed by atoms with van der Waals surface area (Å²) in [6.45, 7) is 5.52. The van der Waals surface area contributed by atoms with Gasteiger partial charge in [0.05, 0.1) is 39.0 Å². The summed E-state index contributed by atoms with van der Waals surface area (Å²) in [6, 6.07) is 0. The lowest BCUT2D eigenvalue weighted by molar-refractivity contribution is -0.140. The summed E-state index contributed by atoms with van der Waals surface area (Å²) in [4.78, 5) is 77.3. The number of carboxylic acids is 3. The van der Waals surface area contributed by atoms with E-state index in [1.54, 1.807) is 19.6 Å². The molecule has 0 aromatic carbocycles. The predicted octanol–water partition coefficient (Wildman–Crippen LogP) is -2.02. The third-order valence-electron chi connectivity index (χ3n) is 6.89. The highest BCUT2D eigenvalue weighted by molar-refractivity contribution is 7.85. The third-order valence-corrected chi connectivity index (χ3v) is 6.89. The predicted molar refractivity (Wildman–Crippen MR) is 170 cm³/mol. The van der Waals surface area contributed by atoms with E-state index in [-0.39, 0.29) is 76.5 Å². The normalized spacial score (nSPS) is 16.2. The van der Waals surface area contributed by atoms with Gasteiger partial charge >= 0.3 is 17.9 Å². The molecule has 0 aromatic heterocycles. The monoisotopic (exact) mass is 696 g/mol. The smallest absolute Gasteiger partial charge is 0.317 e. The molecular weight excluding hydrogens is 644 g/mol. The van der Waals surface area contributed by atoms with Crippen LogP contribution in [-0.4, -0.2) is 181 Å². The van der Waals surface area contributed by atoms with Gasteiger partial charge in [-0.3, -0.25) is 52.9 Å². The van der Waals surface area contributed by atoms with Crippen LogP contribution in [0.15, 0.2) is 0 Å². The number of carboxylic acid groups (broad SMARTS) is 3. The topological polar surface area (TPSA) is 254 Å². The highest BCUT2D eigenvalue weighted by atomic mass is 32.2. The van der Waals surface area contributed by atoms with Gasteiger partial charge in [0.2, 0.25) is 11.8 Å². The molecule has 18 nitrogen and oxygen atoms in total. The first kappa shape index (κ1) is 43.8. The Bertz CT molecular complexity index is 1080. The molecule has 19 heteroatoms. The minimum atomic E-state index is -3.67. The first-order valence-corrected chi connectivity index (χ1v) is 17.2. The van der Waals surface area contributed by atoms with Gasteiger partial charge in [0, 0.05) is 71.2 Å². The van der Waals surface area contributed by atoms with Crippen molar-refractivity contribution in [2.24, 2.45) is 5.92 Å². The number of ketones is 1. The van der Waals surface area contributed by atoms with E-state index in [2.05, 4.69) is 10.6 Å². The van der Waals surface area contributed by atoms with Crippen molar-refractivity contribution in [2.45, 2.75) is 39.5 Å². The summed E-state index contributed by atoms with van der Waals surface area (Å²) in [7, 11) is -3.67. The van der Waals surface area contributed by atoms with E-state index in [1.807, 2.05) is 13.8 Å². The molecule has 0 unspecified atom stereocenters. The van der Waals surface area contributed by atoms with Crippen LogP contribution in [0.5, 0.6) is 0 Å². The molecule has 1 saturated heterocycles. The van der Waals surface area contributed by atoms with E-state index < -0.39 is 33.9 Å². The Balaban J connectivity index is 0.00000391. The largest absolute Gasteiger partial charge is 0.480 e. The number of hydrogen-bond donors (Lipinski definition) is 6. The van der Waals surface area contributed by atoms with E-state index in [4.69, 9.17) is 4.55 Å². The van der Waals surface area contributed by atoms with Gasteiger partial charge in [-0.1, -0.05) is 20.3 Å². The Morgan fingerprint density at radius 1 is 0.617 bits per heavy atom. The highest BCUT2D eigenvalue weighted by Crippen LogP contribution is 2.06. The molecule has 0 atom stereocenters. The summed E-state index contributed by atoms with van der Waals surface area (Å²) >= 11 is 0. The molecule has 1 rings (SSSR count). The molecule has 1 aliphatic rings. The van der Waals surface area contributed by atoms with Gasteiger partial charge in [0.1, 0.15) is 5.78 Å². The number of unbranched alkanes of at least 4 members (excludes halogenated alkanes) is 2. The summed E-state index contributed by atoms with van der Waals surface area (Å²) < 4.78 is 25.9. The van der Waals surface area contributed by atoms with E-state index in [0.29, 0.717) is 45.4 Å². The Morgan fingerprint density at radius 3 is 1.32 bits per heavy atom. The number of Topliss-reactive ketones (excluding diaryl/α,β-unsaturated/α-hetero) is 1. The van der Waals surface area contributed by atoms with Crippen LogP contribution < -0.4 is 10.6 Å². The molecule has 2 amide bonds. The van der Waals surface area contributed by atoms with Gasteiger partial charge < -0.3 is 26.0 Å². The first-order chi connectivity index (χ1) is 21.8. The quantitative estimate of drug-likeness (QED) is 0.0709. The molecular formula is C28H52N6O12S. The second-order valence-electron chi connectivity index (χ2n) is 11.6. The fraction of sp³-hybridized carbons (Fsp3) is 0.786. The lowest BCUT2D eigenvalue weighted by Crippen LogP contribution is -2.50. The van der Waals surface area contributed by atoms with Gasteiger partial charge in [-0.25, -0.2) is 0 Å². The van der Waals surface area contributed by atoms with Crippen LogP contribution in [-0.2, 0) is 38.9 Å². The van der Waals surface area contributed by atoms with Crippen molar-refractivity contribution >= 4 is 45.6 Å². The van der Waals surface area contributed by atoms with E-state index >= 15 is 0 Å². The second kappa shape index (κ2) is 24.0. The fourth-order valence-corrected chi connectivity index (χ4v) is 4.40. The molecule has 1 heterocycles. The Morgan fingerprint density at radius 2 is 0.979 bits per heavy atom. The number of hydrogen-bond acceptors (Lipinski definition) is 12. The van der Waals surface area contributed by atoms with Gasteiger partial charge in [-0.05, 0) is 12.8 Å². The average molecular weight is 697 g/mol. The zero-order valence-corrected chi connectivity index (χ0v) is 28.4. The molecule has 0 bridgehead atoms. The van der Waals surface area contributed by atoms with Crippen molar-refractivity contribution in [3.63, 3.8) is 0 Å². The molecule has 47 heavy (non-hydrogen) atoms. The van der Waals surface area contributed by atoms with E-state index in [0.717, 1.165) is 19.3 Å². The lowest BCUT2D eigenvalue weighted by Gasteiger charge is -2.32. The standard InChI is InChI=1S/C27H48N6O9.CH4O3S/c1-21(2)22(34)6-4-3-5-7-28-23(35)16-29-24(36)17-30-8-10-31(18-25(37)38)12-14-33(20-27(41)42)15-13-32(11-9-30)19-26(39)40;1-5(2,3)4/h21H,3-20H2,1-2H3,(H,28,35)(H,29,36)(H,37,38)(H,39,40)(H,41,42);1H3,(H,2,3,4). The van der Waals surface area contributed by atoms with E-state index in [9.17, 15) is 52.5 Å². The summed E-state index contributed by atoms with van der Waals surface area (Å²) in [5, 5.41) is 33.2. The number of carbonyl (C=O) groups is 6. The van der Waals surface area contributed by atoms with Crippen molar-refractivity contribution in [3.8, 4) is 0 Å². The van der Waals surface area contributed by atoms with E-state index in [1.165, 1.54) is 0 Å². The zero-order valence-electron chi connectivity index (χ0n) is 27.6. The lowest BCUT2D eigenvalue weighted by atomic mass is 10.0. The van der Waals surface area contributed by atoms with Crippen LogP contribution in [0.2, 0.25) is 0 Å². The van der Waals surface area contributed by atoms with Gasteiger partial charge in [0.15, 0.2) is 0 Å². The van der Waals surface area contributed by atoms with Crippen LogP contribution in [0.1, 0.15) is 39.5 Å². The van der Waals surface area contributed by atoms with Crippen LogP contribution >= 0.6 is 0 Å². The number of nitrogens with zero attached hydrogens (tertiary/aromatic N) is 4. The van der Waals surface area contributed by atoms with Crippen LogP contribution in [0.25, 0.3) is 0 Å². The molecule has 6 N–H and O–H groups in total. The van der Waals surface area contributed by atoms with Crippen molar-refractivity contribution < 1.29 is 57.1 Å². The molecule has 0 aliphatic carbocycles. The van der Waals surface area contributed by atoms with Gasteiger partial charge in [0.25, 0.3) is 10.1 Å². The third kappa shape index (κ3) is 27.6. The molecule has 272 valence electrons. The molecule has 0 saturated carbocycles. The van der Waals surface area contributed by atoms with Gasteiger partial charge in [-0.15, -0.1) is 0 Å². The first-order valence-electron chi connectivity index (χ1n) is 15.4. The van der Waals surface area contributed by atoms with Crippen molar-refractivity contribution in [2.75, 3.05) is 97.9 Å². The SMILES string of the molecule is CC(C)C(=O)CCCCCNC(=O)CNC(=O)CN1CCN(CC(=O)O)CCN(CC(=O)O)CCN(CC(=O)O)CC1.CS(=O)(=O)O. The summed E-state index contributed by atoms with van der Waals surface area (Å²) in [5.41, 5.74) is 0. The van der Waals surface area contributed by atoms with Crippen molar-refractivity contribution in [3.05, 3.63) is 0 Å². The van der Waals surface area contributed by atoms with Gasteiger partial charge in [-0.2, -0.15) is 8.42 Å². The minimum Gasteiger partial charge on any atom is -0.480 e. The fourth-order valence-electron chi connectivity index (χ4n) is 4.40. The second-order valence-corrected chi connectivity index (χ2v) is 13.0. The van der Waals surface area contributed by atoms with Crippen LogP contribution in [0.4, 0.5) is 0 Å². The molecule has 0 spiro atoms. The Kier molecular flexibility index (Phi) is 22.3. The zero-order chi connectivity index (χ0) is 36.0. The van der Waals surface area contributed by atoms with Crippen molar-refractivity contribution in [1.82, 2.24) is 30.2 Å². The highest BCUT2D eigenvalue weighted by Gasteiger charge is 2.21. The number of nitrogens with one attached hydrogen (secondary N) is 2. The number of amides is 2. The molecule has 1 aliphatic heterocycles. The summed E-state index contributed by atoms with van der Waals surface area (Å²) in [5.74, 6) is -3.56. The number of aliphatic carboxylic acids is 3. The van der Waals surface area contributed by atoms with Crippen LogP contribution in [0.3, 0.4) is 0 Å².